The minimum Gasteiger partial charge on any atom is -0.467 e. The third-order valence-electron chi connectivity index (χ3n) is 4.74. The first-order valence-corrected chi connectivity index (χ1v) is 9.56. The zero-order valence-electron chi connectivity index (χ0n) is 16.8. The fraction of sp³-hybridized carbons (Fsp3) is 0.0870. The van der Waals surface area contributed by atoms with Gasteiger partial charge in [-0.1, -0.05) is 12.1 Å². The average molecular weight is 437 g/mol. The summed E-state index contributed by atoms with van der Waals surface area (Å²) in [6.07, 6.45) is 1.43. The first kappa shape index (κ1) is 21.0. The van der Waals surface area contributed by atoms with Gasteiger partial charge in [0.05, 0.1) is 18.4 Å². The maximum absolute atomic E-state index is 13.7. The Balaban J connectivity index is 1.73. The summed E-state index contributed by atoms with van der Waals surface area (Å²) < 4.78 is 32.2. The lowest BCUT2D eigenvalue weighted by molar-refractivity contribution is -0.137. The molecule has 7 nitrogen and oxygen atoms in total. The van der Waals surface area contributed by atoms with E-state index >= 15 is 0 Å². The molecule has 2 aromatic carbocycles. The quantitative estimate of drug-likeness (QED) is 0.571. The number of hydrogen-bond acceptors (Lipinski definition) is 5. The van der Waals surface area contributed by atoms with E-state index in [0.717, 1.165) is 17.0 Å². The van der Waals surface area contributed by atoms with Gasteiger partial charge in [-0.3, -0.25) is 19.3 Å². The predicted molar refractivity (Wildman–Crippen MR) is 112 cm³/mol. The van der Waals surface area contributed by atoms with Crippen molar-refractivity contribution < 1.29 is 27.6 Å². The number of carbonyl (C=O) groups is 3. The number of rotatable bonds is 6. The summed E-state index contributed by atoms with van der Waals surface area (Å²) in [6.45, 7) is 1.27. The minimum atomic E-state index is -1.10. The number of nitrogens with zero attached hydrogens (tertiary/aromatic N) is 1. The highest BCUT2D eigenvalue weighted by atomic mass is 19.2. The molecule has 0 saturated carbocycles. The third kappa shape index (κ3) is 4.13. The first-order chi connectivity index (χ1) is 15.3. The lowest BCUT2D eigenvalue weighted by atomic mass is 10.0. The van der Waals surface area contributed by atoms with Gasteiger partial charge in [0.2, 0.25) is 5.91 Å². The van der Waals surface area contributed by atoms with Gasteiger partial charge in [-0.15, -0.1) is 0 Å². The molecule has 32 heavy (non-hydrogen) atoms. The molecule has 162 valence electrons. The Morgan fingerprint density at radius 2 is 1.69 bits per heavy atom. The van der Waals surface area contributed by atoms with Gasteiger partial charge in [0.1, 0.15) is 11.5 Å². The van der Waals surface area contributed by atoms with Crippen LogP contribution >= 0.6 is 0 Å². The molecule has 0 spiro atoms. The van der Waals surface area contributed by atoms with Crippen molar-refractivity contribution in [3.05, 3.63) is 89.5 Å². The van der Waals surface area contributed by atoms with E-state index in [0.29, 0.717) is 17.0 Å². The molecular formula is C23H17F2N3O4. The molecule has 0 fully saturated rings. The number of anilines is 2. The molecule has 0 atom stereocenters. The molecule has 1 aromatic heterocycles. The van der Waals surface area contributed by atoms with Crippen molar-refractivity contribution >= 4 is 34.7 Å². The van der Waals surface area contributed by atoms with Crippen LogP contribution in [-0.4, -0.2) is 22.6 Å². The van der Waals surface area contributed by atoms with Gasteiger partial charge >= 0.3 is 0 Å². The van der Waals surface area contributed by atoms with Crippen molar-refractivity contribution in [3.63, 3.8) is 0 Å². The summed E-state index contributed by atoms with van der Waals surface area (Å²) in [5, 5.41) is 5.38. The van der Waals surface area contributed by atoms with Crippen molar-refractivity contribution in [2.45, 2.75) is 13.5 Å². The molecule has 9 heteroatoms. The zero-order valence-corrected chi connectivity index (χ0v) is 16.8. The number of benzene rings is 2. The second-order valence-electron chi connectivity index (χ2n) is 7.04. The van der Waals surface area contributed by atoms with Gasteiger partial charge in [0.25, 0.3) is 11.8 Å². The Morgan fingerprint density at radius 3 is 2.31 bits per heavy atom. The lowest BCUT2D eigenvalue weighted by Gasteiger charge is -2.13. The molecule has 3 amide bonds. The number of imide groups is 1. The smallest absolute Gasteiger partial charge is 0.278 e. The summed E-state index contributed by atoms with van der Waals surface area (Å²) >= 11 is 0. The molecule has 3 aromatic rings. The maximum atomic E-state index is 13.7. The van der Waals surface area contributed by atoms with E-state index in [-0.39, 0.29) is 29.4 Å². The molecule has 0 unspecified atom stereocenters. The number of hydrogen-bond donors (Lipinski definition) is 2. The second-order valence-corrected chi connectivity index (χ2v) is 7.04. The summed E-state index contributed by atoms with van der Waals surface area (Å²) in [6, 6.07) is 12.7. The number of halogens is 2. The molecule has 2 N–H and O–H groups in total. The lowest BCUT2D eigenvalue weighted by Crippen LogP contribution is -2.31. The van der Waals surface area contributed by atoms with Crippen LogP contribution in [0.1, 0.15) is 18.2 Å². The van der Waals surface area contributed by atoms with Crippen LogP contribution in [0.15, 0.2) is 71.0 Å². The van der Waals surface area contributed by atoms with E-state index in [1.54, 1.807) is 36.4 Å². The van der Waals surface area contributed by atoms with Crippen LogP contribution in [-0.2, 0) is 20.9 Å². The molecular weight excluding hydrogens is 420 g/mol. The number of carbonyl (C=O) groups excluding carboxylic acids is 3. The molecule has 4 rings (SSSR count). The van der Waals surface area contributed by atoms with Crippen molar-refractivity contribution in [2.75, 3.05) is 10.6 Å². The van der Waals surface area contributed by atoms with Crippen LogP contribution in [0.4, 0.5) is 20.2 Å². The Labute approximate surface area is 181 Å². The summed E-state index contributed by atoms with van der Waals surface area (Å²) in [4.78, 5) is 38.5. The van der Waals surface area contributed by atoms with Gasteiger partial charge in [-0.05, 0) is 42.0 Å². The Bertz CT molecular complexity index is 1230. The Morgan fingerprint density at radius 1 is 0.969 bits per heavy atom. The van der Waals surface area contributed by atoms with Crippen LogP contribution < -0.4 is 10.6 Å². The van der Waals surface area contributed by atoms with E-state index in [9.17, 15) is 23.2 Å². The normalized spacial score (nSPS) is 13.7. The first-order valence-electron chi connectivity index (χ1n) is 9.56. The Kier molecular flexibility index (Phi) is 5.55. The largest absolute Gasteiger partial charge is 0.467 e. The fourth-order valence-electron chi connectivity index (χ4n) is 3.30. The van der Waals surface area contributed by atoms with Crippen LogP contribution in [0.3, 0.4) is 0 Å². The highest BCUT2D eigenvalue weighted by Crippen LogP contribution is 2.32. The predicted octanol–water partition coefficient (Wildman–Crippen LogP) is 3.91. The highest BCUT2D eigenvalue weighted by molar-refractivity contribution is 6.36. The molecule has 0 saturated heterocycles. The number of furan rings is 1. The standard InChI is InChI=1S/C23H17F2N3O4/c1-13(29)26-15-6-4-14(5-7-15)20-21(27-16-8-9-18(24)19(25)11-16)23(31)28(22(20)30)12-17-3-2-10-32-17/h2-11,27H,12H2,1H3,(H,26,29). The van der Waals surface area contributed by atoms with E-state index in [1.807, 2.05) is 0 Å². The molecule has 1 aliphatic rings. The van der Waals surface area contributed by atoms with Crippen LogP contribution in [0.2, 0.25) is 0 Å². The van der Waals surface area contributed by atoms with Gasteiger partial charge in [-0.25, -0.2) is 8.78 Å². The number of nitrogens with one attached hydrogen (secondary N) is 2. The van der Waals surface area contributed by atoms with Crippen molar-refractivity contribution in [1.82, 2.24) is 4.90 Å². The highest BCUT2D eigenvalue weighted by Gasteiger charge is 2.39. The topological polar surface area (TPSA) is 91.7 Å². The van der Waals surface area contributed by atoms with Gasteiger partial charge in [-0.2, -0.15) is 0 Å². The van der Waals surface area contributed by atoms with E-state index < -0.39 is 23.4 Å². The maximum Gasteiger partial charge on any atom is 0.278 e. The summed E-state index contributed by atoms with van der Waals surface area (Å²) in [7, 11) is 0. The van der Waals surface area contributed by atoms with Crippen molar-refractivity contribution in [3.8, 4) is 0 Å². The van der Waals surface area contributed by atoms with Crippen molar-refractivity contribution in [1.29, 1.82) is 0 Å². The van der Waals surface area contributed by atoms with E-state index in [1.165, 1.54) is 19.3 Å². The minimum absolute atomic E-state index is 0.0562. The molecule has 0 radical (unpaired) electrons. The fourth-order valence-corrected chi connectivity index (χ4v) is 3.30. The average Bonchev–Trinajstić information content (AvgIpc) is 3.34. The Hall–Kier alpha value is -4.27. The van der Waals surface area contributed by atoms with Crippen LogP contribution in [0, 0.1) is 11.6 Å². The van der Waals surface area contributed by atoms with Gasteiger partial charge in [0.15, 0.2) is 11.6 Å². The molecule has 2 heterocycles. The SMILES string of the molecule is CC(=O)Nc1ccc(C2=C(Nc3ccc(F)c(F)c3)C(=O)N(Cc3ccco3)C2=O)cc1. The molecule has 0 bridgehead atoms. The van der Waals surface area contributed by atoms with E-state index in [2.05, 4.69) is 10.6 Å². The van der Waals surface area contributed by atoms with Crippen LogP contribution in [0.5, 0.6) is 0 Å². The van der Waals surface area contributed by atoms with E-state index in [4.69, 9.17) is 4.42 Å². The van der Waals surface area contributed by atoms with Crippen LogP contribution in [0.25, 0.3) is 5.57 Å². The molecule has 1 aliphatic heterocycles. The summed E-state index contributed by atoms with van der Waals surface area (Å²) in [5.41, 5.74) is 0.999. The van der Waals surface area contributed by atoms with Crippen molar-refractivity contribution in [2.24, 2.45) is 0 Å². The van der Waals surface area contributed by atoms with Gasteiger partial charge < -0.3 is 15.1 Å². The molecule has 0 aliphatic carbocycles. The second kappa shape index (κ2) is 8.46. The third-order valence-corrected chi connectivity index (χ3v) is 4.74. The number of amides is 3. The van der Waals surface area contributed by atoms with Gasteiger partial charge in [0, 0.05) is 24.4 Å². The monoisotopic (exact) mass is 437 g/mol. The summed E-state index contributed by atoms with van der Waals surface area (Å²) in [5.74, 6) is -3.20. The zero-order chi connectivity index (χ0) is 22.8.